The number of halogens is 2. The van der Waals surface area contributed by atoms with Crippen molar-refractivity contribution in [2.75, 3.05) is 0 Å². The lowest BCUT2D eigenvalue weighted by Gasteiger charge is -2.10. The number of carbonyl (C=O) groups is 1. The standard InChI is InChI=1S/C8H7Cl2NO3/c9-4-2-1-3(6(11)8(13)14)7(12)5(4)10/h1-2,6,12H,11H2,(H,13,14)/t6-/m0/s1. The summed E-state index contributed by atoms with van der Waals surface area (Å²) < 4.78 is 0. The van der Waals surface area contributed by atoms with Gasteiger partial charge in [0.25, 0.3) is 0 Å². The molecule has 0 spiro atoms. The number of carboxylic acid groups (broad SMARTS) is 1. The fourth-order valence-corrected chi connectivity index (χ4v) is 1.26. The molecular weight excluding hydrogens is 229 g/mol. The van der Waals surface area contributed by atoms with E-state index in [2.05, 4.69) is 0 Å². The highest BCUT2D eigenvalue weighted by atomic mass is 35.5. The maximum atomic E-state index is 10.5. The molecule has 1 rings (SSSR count). The van der Waals surface area contributed by atoms with Crippen molar-refractivity contribution in [1.29, 1.82) is 0 Å². The van der Waals surface area contributed by atoms with Crippen LogP contribution in [0.3, 0.4) is 0 Å². The summed E-state index contributed by atoms with van der Waals surface area (Å²) in [6.45, 7) is 0. The predicted octanol–water partition coefficient (Wildman–Crippen LogP) is 1.78. The summed E-state index contributed by atoms with van der Waals surface area (Å²) >= 11 is 11.2. The summed E-state index contributed by atoms with van der Waals surface area (Å²) in [4.78, 5) is 10.5. The van der Waals surface area contributed by atoms with E-state index in [9.17, 15) is 9.90 Å². The Morgan fingerprint density at radius 1 is 1.43 bits per heavy atom. The van der Waals surface area contributed by atoms with Gasteiger partial charge in [0.05, 0.1) is 5.02 Å². The molecule has 0 aliphatic rings. The molecule has 1 aromatic carbocycles. The monoisotopic (exact) mass is 235 g/mol. The van der Waals surface area contributed by atoms with Gasteiger partial charge in [-0.1, -0.05) is 29.3 Å². The summed E-state index contributed by atoms with van der Waals surface area (Å²) in [6, 6.07) is 1.38. The molecule has 4 nitrogen and oxygen atoms in total. The summed E-state index contributed by atoms with van der Waals surface area (Å²) in [5.41, 5.74) is 5.33. The SMILES string of the molecule is N[C@H](C(=O)O)c1ccc(Cl)c(Cl)c1O. The fourth-order valence-electron chi connectivity index (χ4n) is 0.939. The smallest absolute Gasteiger partial charge is 0.325 e. The Kier molecular flexibility index (Phi) is 3.21. The third-order valence-corrected chi connectivity index (χ3v) is 2.50. The molecule has 1 aromatic rings. The lowest BCUT2D eigenvalue weighted by atomic mass is 10.1. The molecule has 0 fully saturated rings. The van der Waals surface area contributed by atoms with E-state index in [1.165, 1.54) is 12.1 Å². The molecule has 0 aliphatic heterocycles. The number of rotatable bonds is 2. The second-order valence-corrected chi connectivity index (χ2v) is 3.40. The zero-order valence-electron chi connectivity index (χ0n) is 6.87. The number of benzene rings is 1. The molecule has 14 heavy (non-hydrogen) atoms. The van der Waals surface area contributed by atoms with Crippen molar-refractivity contribution in [3.05, 3.63) is 27.7 Å². The molecule has 0 saturated heterocycles. The van der Waals surface area contributed by atoms with Gasteiger partial charge in [-0.05, 0) is 6.07 Å². The Morgan fingerprint density at radius 3 is 2.50 bits per heavy atom. The minimum atomic E-state index is -1.32. The van der Waals surface area contributed by atoms with Gasteiger partial charge in [-0.2, -0.15) is 0 Å². The molecule has 76 valence electrons. The van der Waals surface area contributed by atoms with Crippen LogP contribution in [0.25, 0.3) is 0 Å². The molecule has 0 radical (unpaired) electrons. The lowest BCUT2D eigenvalue weighted by Crippen LogP contribution is -2.20. The average Bonchev–Trinajstić information content (AvgIpc) is 2.13. The number of aromatic hydroxyl groups is 1. The first-order chi connectivity index (χ1) is 6.45. The first-order valence-electron chi connectivity index (χ1n) is 3.60. The maximum Gasteiger partial charge on any atom is 0.325 e. The van der Waals surface area contributed by atoms with Crippen LogP contribution >= 0.6 is 23.2 Å². The summed E-state index contributed by atoms with van der Waals surface area (Å²) in [6.07, 6.45) is 0. The number of nitrogens with two attached hydrogens (primary N) is 1. The van der Waals surface area contributed by atoms with E-state index in [4.69, 9.17) is 34.0 Å². The summed E-state index contributed by atoms with van der Waals surface area (Å²) in [5, 5.41) is 18.1. The third-order valence-electron chi connectivity index (χ3n) is 1.70. The average molecular weight is 236 g/mol. The van der Waals surface area contributed by atoms with Gasteiger partial charge in [0.15, 0.2) is 0 Å². The van der Waals surface area contributed by atoms with Crippen molar-refractivity contribution in [3.63, 3.8) is 0 Å². The fraction of sp³-hybridized carbons (Fsp3) is 0.125. The van der Waals surface area contributed by atoms with Gasteiger partial charge in [0, 0.05) is 5.56 Å². The molecule has 0 unspecified atom stereocenters. The lowest BCUT2D eigenvalue weighted by molar-refractivity contribution is -0.138. The van der Waals surface area contributed by atoms with E-state index in [1.807, 2.05) is 0 Å². The topological polar surface area (TPSA) is 83.6 Å². The molecule has 0 saturated carbocycles. The molecule has 4 N–H and O–H groups in total. The van der Waals surface area contributed by atoms with Gasteiger partial charge >= 0.3 is 5.97 Å². The second kappa shape index (κ2) is 4.04. The zero-order valence-corrected chi connectivity index (χ0v) is 8.38. The highest BCUT2D eigenvalue weighted by Crippen LogP contribution is 2.36. The highest BCUT2D eigenvalue weighted by molar-refractivity contribution is 6.43. The quantitative estimate of drug-likeness (QED) is 0.730. The van der Waals surface area contributed by atoms with Crippen molar-refractivity contribution < 1.29 is 15.0 Å². The first kappa shape index (κ1) is 11.1. The summed E-state index contributed by atoms with van der Waals surface area (Å²) in [5.74, 6) is -1.65. The summed E-state index contributed by atoms with van der Waals surface area (Å²) in [7, 11) is 0. The minimum absolute atomic E-state index is 0.0342. The molecule has 0 amide bonds. The second-order valence-electron chi connectivity index (χ2n) is 2.62. The molecular formula is C8H7Cl2NO3. The molecule has 0 aromatic heterocycles. The number of phenols is 1. The number of aliphatic carboxylic acids is 1. The van der Waals surface area contributed by atoms with Crippen molar-refractivity contribution in [2.45, 2.75) is 6.04 Å². The van der Waals surface area contributed by atoms with E-state index in [0.29, 0.717) is 0 Å². The van der Waals surface area contributed by atoms with Gasteiger partial charge in [0.2, 0.25) is 0 Å². The Labute approximate surface area is 89.9 Å². The van der Waals surface area contributed by atoms with E-state index in [0.717, 1.165) is 0 Å². The normalized spacial score (nSPS) is 12.5. The van der Waals surface area contributed by atoms with Crippen molar-refractivity contribution in [3.8, 4) is 5.75 Å². The van der Waals surface area contributed by atoms with Crippen LogP contribution < -0.4 is 5.73 Å². The third kappa shape index (κ3) is 1.92. The van der Waals surface area contributed by atoms with E-state index in [1.54, 1.807) is 0 Å². The van der Waals surface area contributed by atoms with Crippen LogP contribution in [0.15, 0.2) is 12.1 Å². The molecule has 1 atom stereocenters. The largest absolute Gasteiger partial charge is 0.506 e. The number of carboxylic acids is 1. The Hall–Kier alpha value is -0.970. The molecule has 0 aliphatic carbocycles. The Morgan fingerprint density at radius 2 is 2.00 bits per heavy atom. The van der Waals surface area contributed by atoms with Crippen molar-refractivity contribution in [1.82, 2.24) is 0 Å². The Bertz CT molecular complexity index is 381. The number of hydrogen-bond acceptors (Lipinski definition) is 3. The predicted molar refractivity (Wildman–Crippen MR) is 52.7 cm³/mol. The van der Waals surface area contributed by atoms with E-state index >= 15 is 0 Å². The zero-order chi connectivity index (χ0) is 10.9. The van der Waals surface area contributed by atoms with Crippen LogP contribution in [-0.4, -0.2) is 16.2 Å². The molecule has 0 bridgehead atoms. The van der Waals surface area contributed by atoms with Gasteiger partial charge in [-0.3, -0.25) is 4.79 Å². The van der Waals surface area contributed by atoms with Gasteiger partial charge in [-0.25, -0.2) is 0 Å². The van der Waals surface area contributed by atoms with Crippen molar-refractivity contribution >= 4 is 29.2 Å². The first-order valence-corrected chi connectivity index (χ1v) is 4.36. The van der Waals surface area contributed by atoms with Crippen molar-refractivity contribution in [2.24, 2.45) is 5.73 Å². The van der Waals surface area contributed by atoms with Crippen LogP contribution in [0.1, 0.15) is 11.6 Å². The van der Waals surface area contributed by atoms with Crippen LogP contribution in [0, 0.1) is 0 Å². The maximum absolute atomic E-state index is 10.5. The molecule has 0 heterocycles. The number of phenolic OH excluding ortho intramolecular Hbond substituents is 1. The van der Waals surface area contributed by atoms with E-state index < -0.39 is 17.8 Å². The molecule has 6 heteroatoms. The van der Waals surface area contributed by atoms with E-state index in [-0.39, 0.29) is 15.6 Å². The Balaban J connectivity index is 3.24. The van der Waals surface area contributed by atoms with Gasteiger partial charge in [0.1, 0.15) is 16.8 Å². The van der Waals surface area contributed by atoms with Gasteiger partial charge < -0.3 is 15.9 Å². The highest BCUT2D eigenvalue weighted by Gasteiger charge is 2.20. The van der Waals surface area contributed by atoms with Crippen LogP contribution in [0.5, 0.6) is 5.75 Å². The van der Waals surface area contributed by atoms with Crippen LogP contribution in [-0.2, 0) is 4.79 Å². The van der Waals surface area contributed by atoms with Crippen LogP contribution in [0.2, 0.25) is 10.0 Å². The van der Waals surface area contributed by atoms with Crippen LogP contribution in [0.4, 0.5) is 0 Å². The number of hydrogen-bond donors (Lipinski definition) is 3. The minimum Gasteiger partial charge on any atom is -0.506 e. The van der Waals surface area contributed by atoms with Gasteiger partial charge in [-0.15, -0.1) is 0 Å².